The van der Waals surface area contributed by atoms with Gasteiger partial charge < -0.3 is 30.4 Å². The van der Waals surface area contributed by atoms with Gasteiger partial charge >= 0.3 is 0 Å². The van der Waals surface area contributed by atoms with Crippen molar-refractivity contribution in [2.75, 3.05) is 26.8 Å². The topological polar surface area (TPSA) is 141 Å². The van der Waals surface area contributed by atoms with Crippen LogP contribution in [0.25, 0.3) is 10.9 Å². The van der Waals surface area contributed by atoms with Crippen molar-refractivity contribution in [3.05, 3.63) is 30.0 Å². The number of methoxy groups -OCH3 is 1. The molecule has 4 aliphatic rings. The molecule has 4 fully saturated rings. The second kappa shape index (κ2) is 9.72. The van der Waals surface area contributed by atoms with Crippen molar-refractivity contribution in [2.24, 2.45) is 29.6 Å². The van der Waals surface area contributed by atoms with Crippen molar-refractivity contribution < 1.29 is 29.0 Å². The van der Waals surface area contributed by atoms with Crippen LogP contribution in [0.1, 0.15) is 42.6 Å². The van der Waals surface area contributed by atoms with Crippen molar-refractivity contribution >= 4 is 34.4 Å². The Balaban J connectivity index is 1.26. The van der Waals surface area contributed by atoms with E-state index >= 15 is 0 Å². The zero-order valence-electron chi connectivity index (χ0n) is 21.4. The molecule has 202 valence electrons. The van der Waals surface area contributed by atoms with Crippen LogP contribution in [0.4, 0.5) is 0 Å². The van der Waals surface area contributed by atoms with E-state index in [1.165, 1.54) is 0 Å². The van der Waals surface area contributed by atoms with Gasteiger partial charge in [-0.2, -0.15) is 0 Å². The Labute approximate surface area is 220 Å². The van der Waals surface area contributed by atoms with E-state index in [4.69, 9.17) is 4.74 Å². The molecular weight excluding hydrogens is 488 g/mol. The van der Waals surface area contributed by atoms with Gasteiger partial charge in [0.25, 0.3) is 5.91 Å². The third-order valence-electron chi connectivity index (χ3n) is 9.19. The first kappa shape index (κ1) is 24.9. The summed E-state index contributed by atoms with van der Waals surface area (Å²) >= 11 is 0. The number of ketones is 1. The van der Waals surface area contributed by atoms with Gasteiger partial charge in [0.05, 0.1) is 13.2 Å². The van der Waals surface area contributed by atoms with Gasteiger partial charge in [0.2, 0.25) is 11.8 Å². The zero-order chi connectivity index (χ0) is 26.6. The molecule has 1 aromatic carbocycles. The number of likely N-dealkylation sites (tertiary alicyclic amines) is 1. The second-order valence-corrected chi connectivity index (χ2v) is 11.3. The maximum atomic E-state index is 13.8. The van der Waals surface area contributed by atoms with Crippen molar-refractivity contribution in [3.8, 4) is 5.75 Å². The maximum Gasteiger partial charge on any atom is 0.271 e. The minimum Gasteiger partial charge on any atom is -0.496 e. The highest BCUT2D eigenvalue weighted by Crippen LogP contribution is 2.62. The van der Waals surface area contributed by atoms with Gasteiger partial charge in [-0.3, -0.25) is 19.2 Å². The van der Waals surface area contributed by atoms with Crippen molar-refractivity contribution in [2.45, 2.75) is 44.2 Å². The molecule has 3 amide bonds. The number of hydrogen-bond acceptors (Lipinski definition) is 6. The second-order valence-electron chi connectivity index (χ2n) is 11.3. The molecule has 10 heteroatoms. The summed E-state index contributed by atoms with van der Waals surface area (Å²) in [4.78, 5) is 57.4. The summed E-state index contributed by atoms with van der Waals surface area (Å²) in [5.74, 6) is 0.384. The van der Waals surface area contributed by atoms with E-state index in [0.717, 1.165) is 30.2 Å². The predicted octanol–water partition coefficient (Wildman–Crippen LogP) is 1.24. The third kappa shape index (κ3) is 4.24. The van der Waals surface area contributed by atoms with Crippen LogP contribution in [0, 0.1) is 29.6 Å². The number of H-pyrrole nitrogens is 1. The van der Waals surface area contributed by atoms with Crippen LogP contribution >= 0.6 is 0 Å². The molecule has 0 bridgehead atoms. The Morgan fingerprint density at radius 1 is 1.21 bits per heavy atom. The highest BCUT2D eigenvalue weighted by atomic mass is 16.5. The average molecular weight is 523 g/mol. The first-order valence-corrected chi connectivity index (χ1v) is 13.6. The van der Waals surface area contributed by atoms with Gasteiger partial charge in [0.15, 0.2) is 5.78 Å². The van der Waals surface area contributed by atoms with Gasteiger partial charge in [-0.05, 0) is 74.0 Å². The quantitative estimate of drug-likeness (QED) is 0.411. The van der Waals surface area contributed by atoms with Gasteiger partial charge in [-0.1, -0.05) is 6.07 Å². The van der Waals surface area contributed by atoms with Crippen LogP contribution in [0.3, 0.4) is 0 Å². The number of nitrogens with zero attached hydrogens (tertiary/aromatic N) is 1. The van der Waals surface area contributed by atoms with Gasteiger partial charge in [-0.25, -0.2) is 0 Å². The molecule has 2 aliphatic heterocycles. The normalized spacial score (nSPS) is 30.4. The minimum absolute atomic E-state index is 0.0319. The zero-order valence-corrected chi connectivity index (χ0v) is 21.4. The number of benzene rings is 1. The lowest BCUT2D eigenvalue weighted by Crippen LogP contribution is -2.54. The molecule has 7 atom stereocenters. The molecule has 2 saturated carbocycles. The number of aliphatic hydroxyl groups excluding tert-OH is 1. The number of ether oxygens (including phenoxy) is 1. The summed E-state index contributed by atoms with van der Waals surface area (Å²) in [7, 11) is 1.58. The Hall–Kier alpha value is -3.40. The van der Waals surface area contributed by atoms with Gasteiger partial charge in [0, 0.05) is 29.9 Å². The van der Waals surface area contributed by atoms with E-state index in [-0.39, 0.29) is 36.0 Å². The molecule has 0 radical (unpaired) electrons. The van der Waals surface area contributed by atoms with Crippen molar-refractivity contribution in [1.82, 2.24) is 20.5 Å². The molecule has 38 heavy (non-hydrogen) atoms. The Morgan fingerprint density at radius 2 is 2.03 bits per heavy atom. The number of aromatic nitrogens is 1. The molecule has 3 heterocycles. The first-order chi connectivity index (χ1) is 18.4. The van der Waals surface area contributed by atoms with Crippen LogP contribution in [0.2, 0.25) is 0 Å². The SMILES string of the molecule is COc1cccc2[nH]c(C(=O)N3C[C@@H]4[C@H]5C[C@H]5C[C@@H]4[C@H]3C(=O)N[C@@H](C[C@@H]3CCCNC3=O)C(=O)CO)cc12. The molecular formula is C28H34N4O6. The largest absolute Gasteiger partial charge is 0.496 e. The number of aliphatic hydroxyl groups is 1. The lowest BCUT2D eigenvalue weighted by Gasteiger charge is -2.30. The number of hydrogen-bond donors (Lipinski definition) is 4. The summed E-state index contributed by atoms with van der Waals surface area (Å²) < 4.78 is 5.44. The number of Topliss-reactive ketones (excluding diaryl/α,β-unsaturated/α-hetero) is 1. The van der Waals surface area contributed by atoms with Gasteiger partial charge in [0.1, 0.15) is 24.1 Å². The number of fused-ring (bicyclic) bond motifs is 4. The lowest BCUT2D eigenvalue weighted by atomic mass is 9.87. The van der Waals surface area contributed by atoms with E-state index in [1.54, 1.807) is 18.1 Å². The maximum absolute atomic E-state index is 13.8. The number of piperidine rings is 1. The summed E-state index contributed by atoms with van der Waals surface area (Å²) in [5, 5.41) is 16.0. The molecule has 2 saturated heterocycles. The Morgan fingerprint density at radius 3 is 2.79 bits per heavy atom. The Bertz CT molecular complexity index is 1290. The van der Waals surface area contributed by atoms with E-state index < -0.39 is 30.4 Å². The number of nitrogens with one attached hydrogen (secondary N) is 3. The highest BCUT2D eigenvalue weighted by Gasteiger charge is 2.62. The number of aromatic amines is 1. The molecule has 2 aliphatic carbocycles. The fraction of sp³-hybridized carbons (Fsp3) is 0.571. The number of rotatable bonds is 8. The van der Waals surface area contributed by atoms with Crippen LogP contribution < -0.4 is 15.4 Å². The smallest absolute Gasteiger partial charge is 0.271 e. The first-order valence-electron chi connectivity index (χ1n) is 13.6. The third-order valence-corrected chi connectivity index (χ3v) is 9.19. The number of carbonyl (C=O) groups excluding carboxylic acids is 4. The van der Waals surface area contributed by atoms with Crippen molar-refractivity contribution in [3.63, 3.8) is 0 Å². The molecule has 0 unspecified atom stereocenters. The summed E-state index contributed by atoms with van der Waals surface area (Å²) in [6, 6.07) is 5.63. The molecule has 0 spiro atoms. The van der Waals surface area contributed by atoms with Crippen LogP contribution in [0.15, 0.2) is 24.3 Å². The fourth-order valence-corrected chi connectivity index (χ4v) is 7.22. The summed E-state index contributed by atoms with van der Waals surface area (Å²) in [5.41, 5.74) is 1.16. The summed E-state index contributed by atoms with van der Waals surface area (Å²) in [6.45, 7) is 0.378. The van der Waals surface area contributed by atoms with Crippen LogP contribution in [-0.2, 0) is 14.4 Å². The van der Waals surface area contributed by atoms with Gasteiger partial charge in [-0.15, -0.1) is 0 Å². The van der Waals surface area contributed by atoms with E-state index in [0.29, 0.717) is 42.8 Å². The molecule has 1 aromatic heterocycles. The standard InChI is InChI=1S/C28H34N4O6/c1-38-24-6-2-5-20-18(24)11-22(30-20)28(37)32-12-19-16-8-15(16)9-17(19)25(32)27(36)31-21(23(34)13-33)10-14-4-3-7-29-26(14)35/h2,5-6,11,14-17,19,21,25,30,33H,3-4,7-10,12-13H2,1H3,(H,29,35)(H,31,36)/t14-,15-,16-,17-,19+,21-,25-/m0/s1. The van der Waals surface area contributed by atoms with E-state index in [2.05, 4.69) is 15.6 Å². The monoisotopic (exact) mass is 522 g/mol. The molecule has 4 N–H and O–H groups in total. The fourth-order valence-electron chi connectivity index (χ4n) is 7.22. The van der Waals surface area contributed by atoms with E-state index in [1.807, 2.05) is 18.2 Å². The van der Waals surface area contributed by atoms with Crippen LogP contribution in [-0.4, -0.2) is 77.4 Å². The Kier molecular flexibility index (Phi) is 6.37. The lowest BCUT2D eigenvalue weighted by molar-refractivity contribution is -0.134. The molecule has 6 rings (SSSR count). The summed E-state index contributed by atoms with van der Waals surface area (Å²) in [6.07, 6.45) is 3.60. The minimum atomic E-state index is -0.981. The molecule has 2 aromatic rings. The highest BCUT2D eigenvalue weighted by molar-refractivity contribution is 6.02. The van der Waals surface area contributed by atoms with E-state index in [9.17, 15) is 24.3 Å². The number of amides is 3. The van der Waals surface area contributed by atoms with Crippen molar-refractivity contribution in [1.29, 1.82) is 0 Å². The predicted molar refractivity (Wildman–Crippen MR) is 137 cm³/mol. The van der Waals surface area contributed by atoms with Crippen LogP contribution in [0.5, 0.6) is 5.75 Å². The average Bonchev–Trinajstić information content (AvgIpc) is 3.25. The number of carbonyl (C=O) groups is 4. The molecule has 10 nitrogen and oxygen atoms in total.